The van der Waals surface area contributed by atoms with Crippen molar-refractivity contribution >= 4 is 10.0 Å². The number of rotatable bonds is 5. The molecule has 1 aromatic carbocycles. The molecule has 19 heavy (non-hydrogen) atoms. The molecule has 1 aliphatic rings. The average molecular weight is 283 g/mol. The van der Waals surface area contributed by atoms with Crippen molar-refractivity contribution in [1.29, 1.82) is 0 Å². The molecule has 1 fully saturated rings. The van der Waals surface area contributed by atoms with Crippen molar-refractivity contribution in [2.24, 2.45) is 0 Å². The Bertz CT molecular complexity index is 502. The van der Waals surface area contributed by atoms with E-state index in [9.17, 15) is 8.42 Å². The summed E-state index contributed by atoms with van der Waals surface area (Å²) in [5, 5.41) is 0. The number of hydrogen-bond acceptors (Lipinski definition) is 3. The second kappa shape index (κ2) is 6.03. The molecule has 0 unspecified atom stereocenters. The molecule has 1 atom stereocenters. The second-order valence-corrected chi connectivity index (χ2v) is 6.98. The summed E-state index contributed by atoms with van der Waals surface area (Å²) in [7, 11) is -3.42. The molecule has 106 valence electrons. The number of hydrogen-bond donors (Lipinski definition) is 1. The summed E-state index contributed by atoms with van der Waals surface area (Å²) < 4.78 is 32.2. The zero-order valence-corrected chi connectivity index (χ0v) is 12.2. The molecule has 0 saturated carbocycles. The van der Waals surface area contributed by atoms with Gasteiger partial charge in [-0.1, -0.05) is 26.0 Å². The molecule has 1 heterocycles. The molecule has 0 spiro atoms. The predicted octanol–water partition coefficient (Wildman–Crippen LogP) is 2.27. The van der Waals surface area contributed by atoms with E-state index >= 15 is 0 Å². The van der Waals surface area contributed by atoms with Crippen LogP contribution in [-0.2, 0) is 14.8 Å². The maximum atomic E-state index is 12.1. The van der Waals surface area contributed by atoms with E-state index in [4.69, 9.17) is 4.74 Å². The predicted molar refractivity (Wildman–Crippen MR) is 74.7 cm³/mol. The largest absolute Gasteiger partial charge is 0.377 e. The molecular formula is C14H21NO3S. The number of nitrogens with one attached hydrogen (secondary N) is 1. The average Bonchev–Trinajstić information content (AvgIpc) is 2.90. The van der Waals surface area contributed by atoms with E-state index < -0.39 is 10.0 Å². The van der Waals surface area contributed by atoms with E-state index in [-0.39, 0.29) is 6.10 Å². The van der Waals surface area contributed by atoms with Crippen LogP contribution in [0.25, 0.3) is 0 Å². The Morgan fingerprint density at radius 2 is 2.00 bits per heavy atom. The molecule has 0 amide bonds. The minimum Gasteiger partial charge on any atom is -0.377 e. The highest BCUT2D eigenvalue weighted by molar-refractivity contribution is 7.89. The van der Waals surface area contributed by atoms with Crippen molar-refractivity contribution < 1.29 is 13.2 Å². The van der Waals surface area contributed by atoms with E-state index in [1.165, 1.54) is 0 Å². The second-order valence-electron chi connectivity index (χ2n) is 5.21. The van der Waals surface area contributed by atoms with Gasteiger partial charge in [0.1, 0.15) is 0 Å². The maximum Gasteiger partial charge on any atom is 0.240 e. The molecule has 4 nitrogen and oxygen atoms in total. The van der Waals surface area contributed by atoms with Crippen LogP contribution in [0.1, 0.15) is 38.2 Å². The lowest BCUT2D eigenvalue weighted by Crippen LogP contribution is -2.31. The van der Waals surface area contributed by atoms with Crippen LogP contribution >= 0.6 is 0 Å². The fourth-order valence-corrected chi connectivity index (χ4v) is 3.19. The highest BCUT2D eigenvalue weighted by Crippen LogP contribution is 2.18. The van der Waals surface area contributed by atoms with Gasteiger partial charge >= 0.3 is 0 Å². The Balaban J connectivity index is 2.01. The third kappa shape index (κ3) is 3.78. The monoisotopic (exact) mass is 283 g/mol. The topological polar surface area (TPSA) is 55.4 Å². The number of benzene rings is 1. The summed E-state index contributed by atoms with van der Waals surface area (Å²) >= 11 is 0. The molecule has 1 N–H and O–H groups in total. The van der Waals surface area contributed by atoms with E-state index in [1.54, 1.807) is 12.1 Å². The Morgan fingerprint density at radius 1 is 1.32 bits per heavy atom. The van der Waals surface area contributed by atoms with Crippen molar-refractivity contribution in [2.45, 2.75) is 43.6 Å². The van der Waals surface area contributed by atoms with Gasteiger partial charge in [-0.2, -0.15) is 0 Å². The van der Waals surface area contributed by atoms with E-state index in [1.807, 2.05) is 12.1 Å². The molecule has 1 saturated heterocycles. The van der Waals surface area contributed by atoms with Crippen LogP contribution in [0.2, 0.25) is 0 Å². The number of sulfonamides is 1. The van der Waals surface area contributed by atoms with Gasteiger partial charge in [-0.3, -0.25) is 0 Å². The maximum absolute atomic E-state index is 12.1. The summed E-state index contributed by atoms with van der Waals surface area (Å²) in [5.41, 5.74) is 1.14. The highest BCUT2D eigenvalue weighted by Gasteiger charge is 2.20. The van der Waals surface area contributed by atoms with Crippen molar-refractivity contribution in [1.82, 2.24) is 4.72 Å². The van der Waals surface area contributed by atoms with Crippen molar-refractivity contribution in [3.05, 3.63) is 29.8 Å². The van der Waals surface area contributed by atoms with Gasteiger partial charge in [0.25, 0.3) is 0 Å². The molecule has 2 rings (SSSR count). The summed E-state index contributed by atoms with van der Waals surface area (Å²) in [4.78, 5) is 0.315. The molecule has 0 aliphatic carbocycles. The fourth-order valence-electron chi connectivity index (χ4n) is 2.12. The summed E-state index contributed by atoms with van der Waals surface area (Å²) in [6.07, 6.45) is 1.95. The van der Waals surface area contributed by atoms with Gasteiger partial charge in [0, 0.05) is 13.2 Å². The Kier molecular flexibility index (Phi) is 4.60. The molecule has 1 aliphatic heterocycles. The first-order valence-corrected chi connectivity index (χ1v) is 8.18. The summed E-state index contributed by atoms with van der Waals surface area (Å²) in [6, 6.07) is 7.05. The first-order valence-electron chi connectivity index (χ1n) is 6.70. The van der Waals surface area contributed by atoms with Crippen LogP contribution in [0.3, 0.4) is 0 Å². The molecular weight excluding hydrogens is 262 g/mol. The standard InChI is InChI=1S/C14H21NO3S/c1-11(2)12-5-7-14(8-6-12)19(16,17)15-10-13-4-3-9-18-13/h5-8,11,13,15H,3-4,9-10H2,1-2H3/t13-/m1/s1. The van der Waals surface area contributed by atoms with Crippen LogP contribution in [0.15, 0.2) is 29.2 Å². The van der Waals surface area contributed by atoms with Gasteiger partial charge in [0.05, 0.1) is 11.0 Å². The smallest absolute Gasteiger partial charge is 0.240 e. The third-order valence-electron chi connectivity index (χ3n) is 3.38. The van der Waals surface area contributed by atoms with Crippen LogP contribution in [0, 0.1) is 0 Å². The SMILES string of the molecule is CC(C)c1ccc(S(=O)(=O)NC[C@H]2CCCO2)cc1. The van der Waals surface area contributed by atoms with Gasteiger partial charge in [-0.05, 0) is 36.5 Å². The lowest BCUT2D eigenvalue weighted by atomic mass is 10.0. The van der Waals surface area contributed by atoms with Crippen molar-refractivity contribution in [3.8, 4) is 0 Å². The Morgan fingerprint density at radius 3 is 2.53 bits per heavy atom. The molecule has 0 radical (unpaired) electrons. The van der Waals surface area contributed by atoms with Gasteiger partial charge in [0.2, 0.25) is 10.0 Å². The number of ether oxygens (including phenoxy) is 1. The van der Waals surface area contributed by atoms with Gasteiger partial charge in [-0.25, -0.2) is 13.1 Å². The fraction of sp³-hybridized carbons (Fsp3) is 0.571. The molecule has 1 aromatic rings. The lowest BCUT2D eigenvalue weighted by Gasteiger charge is -2.12. The van der Waals surface area contributed by atoms with E-state index in [0.717, 1.165) is 25.0 Å². The molecule has 5 heteroatoms. The molecule has 0 aromatic heterocycles. The highest BCUT2D eigenvalue weighted by atomic mass is 32.2. The van der Waals surface area contributed by atoms with Crippen molar-refractivity contribution in [3.63, 3.8) is 0 Å². The van der Waals surface area contributed by atoms with Crippen LogP contribution in [-0.4, -0.2) is 27.7 Å². The van der Waals surface area contributed by atoms with Crippen LogP contribution in [0.4, 0.5) is 0 Å². The zero-order valence-electron chi connectivity index (χ0n) is 11.4. The van der Waals surface area contributed by atoms with Gasteiger partial charge < -0.3 is 4.74 Å². The molecule has 0 bridgehead atoms. The van der Waals surface area contributed by atoms with Gasteiger partial charge in [0.15, 0.2) is 0 Å². The van der Waals surface area contributed by atoms with Crippen LogP contribution in [0.5, 0.6) is 0 Å². The zero-order chi connectivity index (χ0) is 13.9. The minimum atomic E-state index is -3.42. The summed E-state index contributed by atoms with van der Waals surface area (Å²) in [5.74, 6) is 0.400. The van der Waals surface area contributed by atoms with Gasteiger partial charge in [-0.15, -0.1) is 0 Å². The Hall–Kier alpha value is -0.910. The third-order valence-corrected chi connectivity index (χ3v) is 4.82. The first kappa shape index (κ1) is 14.5. The van der Waals surface area contributed by atoms with Crippen molar-refractivity contribution in [2.75, 3.05) is 13.2 Å². The normalized spacial score (nSPS) is 20.1. The first-order chi connectivity index (χ1) is 8.99. The Labute approximate surface area is 115 Å². The summed E-state index contributed by atoms with van der Waals surface area (Å²) in [6.45, 7) is 5.25. The minimum absolute atomic E-state index is 0.0183. The van der Waals surface area contributed by atoms with E-state index in [2.05, 4.69) is 18.6 Å². The quantitative estimate of drug-likeness (QED) is 0.902. The van der Waals surface area contributed by atoms with Crippen LogP contribution < -0.4 is 4.72 Å². The van der Waals surface area contributed by atoms with E-state index in [0.29, 0.717) is 17.4 Å². The lowest BCUT2D eigenvalue weighted by molar-refractivity contribution is 0.114.